The van der Waals surface area contributed by atoms with Crippen molar-refractivity contribution < 1.29 is 36.3 Å². The van der Waals surface area contributed by atoms with Gasteiger partial charge in [-0.1, -0.05) is 31.5 Å². The van der Waals surface area contributed by atoms with Crippen LogP contribution in [0.15, 0.2) is 71.6 Å². The van der Waals surface area contributed by atoms with Crippen molar-refractivity contribution in [1.29, 1.82) is 0 Å². The largest absolute Gasteiger partial charge is 0.493 e. The topological polar surface area (TPSA) is 105 Å². The van der Waals surface area contributed by atoms with Crippen molar-refractivity contribution in [3.63, 3.8) is 0 Å². The molecule has 0 spiro atoms. The van der Waals surface area contributed by atoms with Gasteiger partial charge in [-0.2, -0.15) is 0 Å². The van der Waals surface area contributed by atoms with E-state index in [1.54, 1.807) is 6.07 Å². The number of unbranched alkanes of at least 4 members (excludes halogenated alkanes) is 1. The molecule has 0 aliphatic heterocycles. The van der Waals surface area contributed by atoms with Gasteiger partial charge in [-0.25, -0.2) is 17.2 Å². The molecule has 0 unspecified atom stereocenters. The second-order valence-corrected chi connectivity index (χ2v) is 11.3. The number of amides is 2. The molecule has 1 atom stereocenters. The predicted molar refractivity (Wildman–Crippen MR) is 155 cm³/mol. The number of nitrogens with one attached hydrogen (secondary N) is 1. The molecular weight excluding hydrogens is 568 g/mol. The van der Waals surface area contributed by atoms with Gasteiger partial charge >= 0.3 is 0 Å². The van der Waals surface area contributed by atoms with Crippen LogP contribution >= 0.6 is 0 Å². The van der Waals surface area contributed by atoms with Gasteiger partial charge in [0, 0.05) is 24.7 Å². The van der Waals surface area contributed by atoms with Gasteiger partial charge in [0.1, 0.15) is 24.2 Å². The molecule has 3 aromatic carbocycles. The van der Waals surface area contributed by atoms with E-state index < -0.39 is 46.1 Å². The zero-order valence-electron chi connectivity index (χ0n) is 24.0. The van der Waals surface area contributed by atoms with E-state index in [0.29, 0.717) is 12.3 Å². The summed E-state index contributed by atoms with van der Waals surface area (Å²) in [6, 6.07) is 13.3. The standard InChI is InChI=1S/C30H35F2N3O6S/c1-5-6-17-33-30(37)21(2)34(19-22-9-7-8-10-26(22)32)29(36)20-35(24-13-11-23(31)12-14-24)42(38,39)25-15-16-27(40-3)28(18-25)41-4/h7-16,18,21H,5-6,17,19-20H2,1-4H3,(H,33,37)/t21-/m0/s1. The first-order valence-corrected chi connectivity index (χ1v) is 14.8. The number of ether oxygens (including phenoxy) is 2. The first-order valence-electron chi connectivity index (χ1n) is 13.3. The third kappa shape index (κ3) is 7.75. The van der Waals surface area contributed by atoms with Gasteiger partial charge in [-0.05, 0) is 55.8 Å². The molecule has 226 valence electrons. The van der Waals surface area contributed by atoms with Crippen LogP contribution in [0.25, 0.3) is 0 Å². The van der Waals surface area contributed by atoms with Crippen molar-refractivity contribution in [2.75, 3.05) is 31.6 Å². The molecule has 1 N–H and O–H groups in total. The maximum atomic E-state index is 14.6. The first-order chi connectivity index (χ1) is 20.0. The zero-order chi connectivity index (χ0) is 30.9. The van der Waals surface area contributed by atoms with Crippen LogP contribution in [-0.4, -0.2) is 58.5 Å². The third-order valence-electron chi connectivity index (χ3n) is 6.63. The summed E-state index contributed by atoms with van der Waals surface area (Å²) in [5.74, 6) is -1.99. The summed E-state index contributed by atoms with van der Waals surface area (Å²) in [5, 5.41) is 2.76. The second kappa shape index (κ2) is 14.6. The number of anilines is 1. The molecule has 0 saturated heterocycles. The number of halogens is 2. The van der Waals surface area contributed by atoms with Crippen molar-refractivity contribution in [3.8, 4) is 11.5 Å². The van der Waals surface area contributed by atoms with E-state index in [-0.39, 0.29) is 28.4 Å². The monoisotopic (exact) mass is 603 g/mol. The molecule has 0 aliphatic rings. The number of carbonyl (C=O) groups is 2. The summed E-state index contributed by atoms with van der Waals surface area (Å²) < 4.78 is 67.6. The Balaban J connectivity index is 2.05. The zero-order valence-corrected chi connectivity index (χ0v) is 24.8. The Bertz CT molecular complexity index is 1480. The lowest BCUT2D eigenvalue weighted by molar-refractivity contribution is -0.139. The van der Waals surface area contributed by atoms with E-state index in [0.717, 1.165) is 34.2 Å². The third-order valence-corrected chi connectivity index (χ3v) is 8.40. The van der Waals surface area contributed by atoms with Crippen molar-refractivity contribution in [1.82, 2.24) is 10.2 Å². The smallest absolute Gasteiger partial charge is 0.264 e. The summed E-state index contributed by atoms with van der Waals surface area (Å²) in [7, 11) is -1.69. The molecular formula is C30H35F2N3O6S. The Hall–Kier alpha value is -4.19. The molecule has 2 amide bonds. The fraction of sp³-hybridized carbons (Fsp3) is 0.333. The number of hydrogen-bond acceptors (Lipinski definition) is 6. The van der Waals surface area contributed by atoms with Gasteiger partial charge in [-0.3, -0.25) is 13.9 Å². The van der Waals surface area contributed by atoms with Crippen molar-refractivity contribution >= 4 is 27.5 Å². The SMILES string of the molecule is CCCCNC(=O)[C@H](C)N(Cc1ccccc1F)C(=O)CN(c1ccc(F)cc1)S(=O)(=O)c1ccc(OC)c(OC)c1. The summed E-state index contributed by atoms with van der Waals surface area (Å²) in [4.78, 5) is 27.8. The average molecular weight is 604 g/mol. The maximum Gasteiger partial charge on any atom is 0.264 e. The first kappa shape index (κ1) is 32.3. The average Bonchev–Trinajstić information content (AvgIpc) is 2.99. The van der Waals surface area contributed by atoms with Gasteiger partial charge in [-0.15, -0.1) is 0 Å². The molecule has 12 heteroatoms. The van der Waals surface area contributed by atoms with E-state index in [4.69, 9.17) is 9.47 Å². The molecule has 42 heavy (non-hydrogen) atoms. The molecule has 3 rings (SSSR count). The van der Waals surface area contributed by atoms with E-state index in [1.807, 2.05) is 6.92 Å². The lowest BCUT2D eigenvalue weighted by Crippen LogP contribution is -2.51. The Morgan fingerprint density at radius 3 is 2.24 bits per heavy atom. The van der Waals surface area contributed by atoms with E-state index in [9.17, 15) is 26.8 Å². The highest BCUT2D eigenvalue weighted by Crippen LogP contribution is 2.32. The molecule has 0 saturated carbocycles. The molecule has 0 bridgehead atoms. The molecule has 0 fully saturated rings. The van der Waals surface area contributed by atoms with Gasteiger partial charge in [0.2, 0.25) is 11.8 Å². The van der Waals surface area contributed by atoms with Gasteiger partial charge < -0.3 is 19.7 Å². The maximum absolute atomic E-state index is 14.6. The fourth-order valence-corrected chi connectivity index (χ4v) is 5.60. The summed E-state index contributed by atoms with van der Waals surface area (Å²) >= 11 is 0. The van der Waals surface area contributed by atoms with Gasteiger partial charge in [0.15, 0.2) is 11.5 Å². The lowest BCUT2D eigenvalue weighted by Gasteiger charge is -2.32. The number of sulfonamides is 1. The van der Waals surface area contributed by atoms with Gasteiger partial charge in [0.05, 0.1) is 24.8 Å². The molecule has 0 aliphatic carbocycles. The minimum atomic E-state index is -4.44. The van der Waals surface area contributed by atoms with Gasteiger partial charge in [0.25, 0.3) is 10.0 Å². The van der Waals surface area contributed by atoms with Crippen LogP contribution in [0.4, 0.5) is 14.5 Å². The highest BCUT2D eigenvalue weighted by molar-refractivity contribution is 7.92. The summed E-state index contributed by atoms with van der Waals surface area (Å²) in [6.45, 7) is 2.79. The predicted octanol–water partition coefficient (Wildman–Crippen LogP) is 4.51. The van der Waals surface area contributed by atoms with E-state index in [1.165, 1.54) is 69.7 Å². The van der Waals surface area contributed by atoms with E-state index in [2.05, 4.69) is 5.32 Å². The number of benzene rings is 3. The Kier molecular flexibility index (Phi) is 11.3. The Morgan fingerprint density at radius 2 is 1.62 bits per heavy atom. The molecule has 0 aromatic heterocycles. The minimum absolute atomic E-state index is 0.00502. The van der Waals surface area contributed by atoms with Crippen LogP contribution in [0.3, 0.4) is 0 Å². The molecule has 3 aromatic rings. The number of hydrogen-bond donors (Lipinski definition) is 1. The normalized spacial score (nSPS) is 11.9. The number of rotatable bonds is 14. The summed E-state index contributed by atoms with van der Waals surface area (Å²) in [6.07, 6.45) is 1.56. The molecule has 0 heterocycles. The number of carbonyl (C=O) groups excluding carboxylic acids is 2. The molecule has 0 radical (unpaired) electrons. The van der Waals surface area contributed by atoms with Crippen LogP contribution in [0.1, 0.15) is 32.3 Å². The Morgan fingerprint density at radius 1 is 0.952 bits per heavy atom. The highest BCUT2D eigenvalue weighted by atomic mass is 32.2. The second-order valence-electron chi connectivity index (χ2n) is 9.44. The quantitative estimate of drug-likeness (QED) is 0.272. The fourth-order valence-electron chi connectivity index (χ4n) is 4.17. The van der Waals surface area contributed by atoms with Crippen LogP contribution in [-0.2, 0) is 26.2 Å². The van der Waals surface area contributed by atoms with Crippen LogP contribution < -0.4 is 19.1 Å². The number of methoxy groups -OCH3 is 2. The summed E-state index contributed by atoms with van der Waals surface area (Å²) in [5.41, 5.74) is 0.153. The van der Waals surface area contributed by atoms with E-state index >= 15 is 0 Å². The van der Waals surface area contributed by atoms with Crippen molar-refractivity contribution in [2.24, 2.45) is 0 Å². The minimum Gasteiger partial charge on any atom is -0.493 e. The van der Waals surface area contributed by atoms with Crippen LogP contribution in [0, 0.1) is 11.6 Å². The van der Waals surface area contributed by atoms with Crippen molar-refractivity contribution in [2.45, 2.75) is 44.2 Å². The van der Waals surface area contributed by atoms with Crippen LogP contribution in [0.2, 0.25) is 0 Å². The highest BCUT2D eigenvalue weighted by Gasteiger charge is 2.33. The van der Waals surface area contributed by atoms with Crippen LogP contribution in [0.5, 0.6) is 11.5 Å². The Labute approximate surface area is 245 Å². The van der Waals surface area contributed by atoms with Crippen molar-refractivity contribution in [3.05, 3.63) is 83.9 Å². The lowest BCUT2D eigenvalue weighted by atomic mass is 10.1. The number of nitrogens with zero attached hydrogens (tertiary/aromatic N) is 2. The molecule has 9 nitrogen and oxygen atoms in total.